The van der Waals surface area contributed by atoms with Gasteiger partial charge in [0.25, 0.3) is 0 Å². The lowest BCUT2D eigenvalue weighted by Gasteiger charge is -2.10. The van der Waals surface area contributed by atoms with Crippen LogP contribution in [0.3, 0.4) is 0 Å². The Bertz CT molecular complexity index is 683. The lowest BCUT2D eigenvalue weighted by molar-refractivity contribution is -0.116. The van der Waals surface area contributed by atoms with Gasteiger partial charge in [0.05, 0.1) is 19.1 Å². The first-order valence-electron chi connectivity index (χ1n) is 6.11. The van der Waals surface area contributed by atoms with Crippen LogP contribution in [0.15, 0.2) is 26.8 Å². The van der Waals surface area contributed by atoms with Gasteiger partial charge in [-0.1, -0.05) is 17.7 Å². The Morgan fingerprint density at radius 2 is 2.36 bits per heavy atom. The van der Waals surface area contributed by atoms with E-state index in [2.05, 4.69) is 37.4 Å². The number of amides is 1. The van der Waals surface area contributed by atoms with Gasteiger partial charge in [-0.3, -0.25) is 4.79 Å². The van der Waals surface area contributed by atoms with Gasteiger partial charge < -0.3 is 14.8 Å². The monoisotopic (exact) mass is 381 g/mol. The molecular formula is C14H12BrN3O3S. The van der Waals surface area contributed by atoms with Crippen molar-refractivity contribution in [2.24, 2.45) is 10.2 Å². The highest BCUT2D eigenvalue weighted by Gasteiger charge is 2.16. The lowest BCUT2D eigenvalue weighted by Crippen LogP contribution is -2.19. The summed E-state index contributed by atoms with van der Waals surface area (Å²) in [6.45, 7) is 0.154. The third-order valence-electron chi connectivity index (χ3n) is 2.53. The molecule has 1 aliphatic rings. The van der Waals surface area contributed by atoms with E-state index < -0.39 is 0 Å². The van der Waals surface area contributed by atoms with Crippen LogP contribution in [-0.4, -0.2) is 36.8 Å². The van der Waals surface area contributed by atoms with Gasteiger partial charge in [0.1, 0.15) is 6.61 Å². The predicted molar refractivity (Wildman–Crippen MR) is 90.7 cm³/mol. The summed E-state index contributed by atoms with van der Waals surface area (Å²) in [6.07, 6.45) is 6.73. The Morgan fingerprint density at radius 3 is 3.00 bits per heavy atom. The minimum Gasteiger partial charge on any atom is -0.493 e. The molecule has 0 bridgehead atoms. The lowest BCUT2D eigenvalue weighted by atomic mass is 10.2. The Kier molecular flexibility index (Phi) is 5.86. The maximum Gasteiger partial charge on any atom is 0.236 e. The molecule has 1 aromatic rings. The second-order valence-electron chi connectivity index (χ2n) is 4.00. The van der Waals surface area contributed by atoms with Gasteiger partial charge in [0, 0.05) is 10.0 Å². The van der Waals surface area contributed by atoms with E-state index in [4.69, 9.17) is 15.9 Å². The minimum atomic E-state index is -0.0724. The van der Waals surface area contributed by atoms with Crippen molar-refractivity contribution in [3.63, 3.8) is 0 Å². The number of benzene rings is 1. The highest BCUT2D eigenvalue weighted by molar-refractivity contribution is 9.10. The normalized spacial score (nSPS) is 15.9. The largest absolute Gasteiger partial charge is 0.493 e. The van der Waals surface area contributed by atoms with Gasteiger partial charge in [-0.15, -0.1) is 11.5 Å². The summed E-state index contributed by atoms with van der Waals surface area (Å²) in [6, 6.07) is 3.50. The molecule has 2 rings (SSSR count). The molecule has 0 unspecified atom stereocenters. The van der Waals surface area contributed by atoms with E-state index in [9.17, 15) is 4.79 Å². The van der Waals surface area contributed by atoms with Crippen LogP contribution in [0.5, 0.6) is 11.5 Å². The van der Waals surface area contributed by atoms with E-state index in [0.717, 1.165) is 10.0 Å². The van der Waals surface area contributed by atoms with E-state index in [0.29, 0.717) is 22.4 Å². The van der Waals surface area contributed by atoms with Gasteiger partial charge in [-0.25, -0.2) is 0 Å². The molecule has 6 nitrogen and oxygen atoms in total. The molecule has 1 saturated heterocycles. The summed E-state index contributed by atoms with van der Waals surface area (Å²) in [4.78, 5) is 11.0. The Morgan fingerprint density at radius 1 is 1.55 bits per heavy atom. The van der Waals surface area contributed by atoms with Crippen LogP contribution in [0.4, 0.5) is 0 Å². The van der Waals surface area contributed by atoms with Gasteiger partial charge in [-0.05, 0) is 28.1 Å². The molecule has 0 aliphatic carbocycles. The van der Waals surface area contributed by atoms with Crippen molar-refractivity contribution in [1.29, 1.82) is 0 Å². The summed E-state index contributed by atoms with van der Waals surface area (Å²) >= 11 is 4.73. The molecule has 1 fully saturated rings. The number of ether oxygens (including phenoxy) is 2. The summed E-state index contributed by atoms with van der Waals surface area (Å²) in [5.41, 5.74) is 0.753. The third-order valence-corrected chi connectivity index (χ3v) is 4.08. The first-order valence-corrected chi connectivity index (χ1v) is 7.89. The number of hydrogen-bond donors (Lipinski definition) is 1. The fraction of sp³-hybridized carbons (Fsp3) is 0.214. The molecule has 0 spiro atoms. The van der Waals surface area contributed by atoms with E-state index in [-0.39, 0.29) is 12.5 Å². The summed E-state index contributed by atoms with van der Waals surface area (Å²) in [5, 5.41) is 11.0. The molecule has 0 atom stereocenters. The van der Waals surface area contributed by atoms with E-state index in [1.54, 1.807) is 18.3 Å². The van der Waals surface area contributed by atoms with Crippen molar-refractivity contribution in [1.82, 2.24) is 5.32 Å². The van der Waals surface area contributed by atoms with Gasteiger partial charge >= 0.3 is 0 Å². The van der Waals surface area contributed by atoms with Crippen LogP contribution in [0.25, 0.3) is 0 Å². The zero-order chi connectivity index (χ0) is 15.9. The number of rotatable bonds is 5. The van der Waals surface area contributed by atoms with Crippen molar-refractivity contribution < 1.29 is 14.3 Å². The highest BCUT2D eigenvalue weighted by Crippen LogP contribution is 2.32. The maximum absolute atomic E-state index is 11.0. The standard InChI is InChI=1S/C14H12BrN3O3S/c1-3-4-21-12-6-10(15)9(5-11(12)20-2)7-16-18-14-17-13(19)8-22-14/h1,5-7H,4,8H2,2H3,(H,17,18,19). The average molecular weight is 382 g/mol. The number of nitrogens with zero attached hydrogens (tertiary/aromatic N) is 2. The van der Waals surface area contributed by atoms with Crippen molar-refractivity contribution in [2.45, 2.75) is 0 Å². The third kappa shape index (κ3) is 4.26. The minimum absolute atomic E-state index is 0.0724. The van der Waals surface area contributed by atoms with Crippen LogP contribution < -0.4 is 14.8 Å². The Balaban J connectivity index is 2.17. The van der Waals surface area contributed by atoms with Gasteiger partial charge in [0.2, 0.25) is 5.91 Å². The fourth-order valence-electron chi connectivity index (χ4n) is 1.56. The number of halogens is 1. The molecule has 114 valence electrons. The second-order valence-corrected chi connectivity index (χ2v) is 5.82. The summed E-state index contributed by atoms with van der Waals surface area (Å²) in [5.74, 6) is 3.77. The summed E-state index contributed by atoms with van der Waals surface area (Å²) in [7, 11) is 1.54. The molecule has 1 heterocycles. The van der Waals surface area contributed by atoms with E-state index in [1.807, 2.05) is 0 Å². The molecule has 1 N–H and O–H groups in total. The summed E-state index contributed by atoms with van der Waals surface area (Å²) < 4.78 is 11.4. The zero-order valence-electron chi connectivity index (χ0n) is 11.6. The molecule has 22 heavy (non-hydrogen) atoms. The second kappa shape index (κ2) is 7.87. The zero-order valence-corrected chi connectivity index (χ0v) is 14.0. The van der Waals surface area contributed by atoms with E-state index in [1.165, 1.54) is 18.9 Å². The number of thioether (sulfide) groups is 1. The topological polar surface area (TPSA) is 72.3 Å². The molecule has 0 saturated carbocycles. The molecule has 0 aromatic heterocycles. The SMILES string of the molecule is C#CCOc1cc(Br)c(C=NN=C2NC(=O)CS2)cc1OC. The first-order chi connectivity index (χ1) is 10.6. The molecule has 8 heteroatoms. The first kappa shape index (κ1) is 16.4. The average Bonchev–Trinajstić information content (AvgIpc) is 2.92. The van der Waals surface area contributed by atoms with Crippen LogP contribution in [-0.2, 0) is 4.79 Å². The number of nitrogens with one attached hydrogen (secondary N) is 1. The van der Waals surface area contributed by atoms with Crippen LogP contribution in [0.1, 0.15) is 5.56 Å². The number of carbonyl (C=O) groups excluding carboxylic acids is 1. The van der Waals surface area contributed by atoms with Gasteiger partial charge in [-0.2, -0.15) is 5.10 Å². The molecule has 0 radical (unpaired) electrons. The van der Waals surface area contributed by atoms with Crippen LogP contribution in [0, 0.1) is 12.3 Å². The number of hydrogen-bond acceptors (Lipinski definition) is 6. The van der Waals surface area contributed by atoms with E-state index >= 15 is 0 Å². The molecule has 1 aliphatic heterocycles. The highest BCUT2D eigenvalue weighted by atomic mass is 79.9. The number of amidine groups is 1. The van der Waals surface area contributed by atoms with Crippen molar-refractivity contribution in [2.75, 3.05) is 19.5 Å². The Labute approximate surface area is 140 Å². The number of carbonyl (C=O) groups is 1. The van der Waals surface area contributed by atoms with Gasteiger partial charge in [0.15, 0.2) is 16.7 Å². The quantitative estimate of drug-likeness (QED) is 0.481. The van der Waals surface area contributed by atoms with Crippen LogP contribution in [0.2, 0.25) is 0 Å². The predicted octanol–water partition coefficient (Wildman–Crippen LogP) is 2.02. The molecular weight excluding hydrogens is 370 g/mol. The number of terminal acetylenes is 1. The maximum atomic E-state index is 11.0. The van der Waals surface area contributed by atoms with Crippen molar-refractivity contribution in [3.8, 4) is 23.8 Å². The van der Waals surface area contributed by atoms with Crippen molar-refractivity contribution in [3.05, 3.63) is 22.2 Å². The van der Waals surface area contributed by atoms with Crippen molar-refractivity contribution >= 4 is 45.0 Å². The molecule has 1 amide bonds. The van der Waals surface area contributed by atoms with Crippen LogP contribution >= 0.6 is 27.7 Å². The fourth-order valence-corrected chi connectivity index (χ4v) is 2.62. The smallest absolute Gasteiger partial charge is 0.236 e. The molecule has 1 aromatic carbocycles. The number of methoxy groups -OCH3 is 1. The Hall–Kier alpha value is -1.98.